The van der Waals surface area contributed by atoms with E-state index in [2.05, 4.69) is 20.3 Å². The van der Waals surface area contributed by atoms with E-state index in [0.29, 0.717) is 29.9 Å². The summed E-state index contributed by atoms with van der Waals surface area (Å²) >= 11 is 0. The second kappa shape index (κ2) is 6.59. The van der Waals surface area contributed by atoms with Crippen LogP contribution < -0.4 is 10.2 Å². The van der Waals surface area contributed by atoms with Gasteiger partial charge in [-0.3, -0.25) is 9.97 Å². The molecule has 3 atom stereocenters. The van der Waals surface area contributed by atoms with E-state index in [1.165, 1.54) is 0 Å². The van der Waals surface area contributed by atoms with Crippen molar-refractivity contribution in [2.75, 3.05) is 11.9 Å². The molecule has 2 aliphatic rings. The largest absolute Gasteiger partial charge is 0.507 e. The molecule has 8 heteroatoms. The van der Waals surface area contributed by atoms with Crippen LogP contribution in [-0.2, 0) is 0 Å². The van der Waals surface area contributed by atoms with Gasteiger partial charge in [0.25, 0.3) is 5.92 Å². The van der Waals surface area contributed by atoms with Crippen LogP contribution in [0.1, 0.15) is 19.3 Å². The van der Waals surface area contributed by atoms with Crippen LogP contribution in [0.25, 0.3) is 22.0 Å². The third-order valence-electron chi connectivity index (χ3n) is 6.11. The van der Waals surface area contributed by atoms with Gasteiger partial charge in [-0.25, -0.2) is 13.8 Å². The molecule has 2 N–H and O–H groups in total. The highest BCUT2D eigenvalue weighted by Crippen LogP contribution is 2.40. The highest BCUT2D eigenvalue weighted by Gasteiger charge is 2.53. The fourth-order valence-corrected chi connectivity index (χ4v) is 4.50. The first-order chi connectivity index (χ1) is 13.9. The third-order valence-corrected chi connectivity index (χ3v) is 6.11. The molecule has 0 saturated carbocycles. The Kier molecular flexibility index (Phi) is 4.13. The quantitative estimate of drug-likeness (QED) is 0.706. The van der Waals surface area contributed by atoms with Crippen molar-refractivity contribution in [2.45, 2.75) is 43.3 Å². The zero-order valence-corrected chi connectivity index (χ0v) is 15.9. The van der Waals surface area contributed by atoms with Crippen molar-refractivity contribution in [2.24, 2.45) is 0 Å². The second-order valence-electron chi connectivity index (χ2n) is 7.97. The molecule has 0 radical (unpaired) electrons. The molecule has 0 aliphatic carbocycles. The molecule has 150 valence electrons. The molecule has 29 heavy (non-hydrogen) atoms. The number of phenols is 1. The number of phenolic OH excluding ortho intramolecular Hbond substituents is 1. The lowest BCUT2D eigenvalue weighted by Crippen LogP contribution is -2.49. The first-order valence-corrected chi connectivity index (χ1v) is 9.66. The van der Waals surface area contributed by atoms with E-state index < -0.39 is 12.0 Å². The van der Waals surface area contributed by atoms with Gasteiger partial charge in [0.15, 0.2) is 0 Å². The van der Waals surface area contributed by atoms with Gasteiger partial charge in [0.2, 0.25) is 0 Å². The van der Waals surface area contributed by atoms with E-state index in [1.807, 2.05) is 24.1 Å². The van der Waals surface area contributed by atoms with E-state index in [0.717, 1.165) is 10.8 Å². The van der Waals surface area contributed by atoms with E-state index in [1.54, 1.807) is 30.9 Å². The monoisotopic (exact) mass is 397 g/mol. The number of aromatic hydroxyl groups is 1. The number of benzene rings is 1. The maximum Gasteiger partial charge on any atom is 0.264 e. The molecule has 1 aromatic carbocycles. The summed E-state index contributed by atoms with van der Waals surface area (Å²) < 4.78 is 28.0. The lowest BCUT2D eigenvalue weighted by atomic mass is 9.98. The molecule has 4 heterocycles. The van der Waals surface area contributed by atoms with Crippen LogP contribution in [0.2, 0.25) is 0 Å². The van der Waals surface area contributed by atoms with Crippen molar-refractivity contribution in [3.05, 3.63) is 43.0 Å². The van der Waals surface area contributed by atoms with Crippen LogP contribution in [0.5, 0.6) is 5.75 Å². The molecule has 0 spiro atoms. The van der Waals surface area contributed by atoms with Gasteiger partial charge in [0.05, 0.1) is 24.1 Å². The molecule has 2 bridgehead atoms. The Labute approximate surface area is 166 Å². The SMILES string of the molecule is CN(c1cnc(-c2cc3ccncc3cc2O)cn1)[C@@H]1CC2CC(F)(F)C(C1)N2. The fraction of sp³-hybridized carbons (Fsp3) is 0.381. The zero-order valence-electron chi connectivity index (χ0n) is 15.9. The number of nitrogens with one attached hydrogen (secondary N) is 1. The maximum absolute atomic E-state index is 14.0. The van der Waals surface area contributed by atoms with Gasteiger partial charge in [0.1, 0.15) is 11.6 Å². The van der Waals surface area contributed by atoms with Gasteiger partial charge in [-0.2, -0.15) is 0 Å². The number of fused-ring (bicyclic) bond motifs is 3. The highest BCUT2D eigenvalue weighted by molar-refractivity contribution is 5.89. The lowest BCUT2D eigenvalue weighted by molar-refractivity contribution is -0.0128. The van der Waals surface area contributed by atoms with Crippen molar-refractivity contribution < 1.29 is 13.9 Å². The van der Waals surface area contributed by atoms with Crippen LogP contribution in [0, 0.1) is 0 Å². The first kappa shape index (κ1) is 18.2. The van der Waals surface area contributed by atoms with E-state index in [9.17, 15) is 13.9 Å². The number of pyridine rings is 1. The summed E-state index contributed by atoms with van der Waals surface area (Å²) in [5.41, 5.74) is 1.14. The van der Waals surface area contributed by atoms with Crippen LogP contribution in [0.4, 0.5) is 14.6 Å². The molecule has 6 nitrogen and oxygen atoms in total. The number of halogens is 2. The van der Waals surface area contributed by atoms with E-state index in [4.69, 9.17) is 0 Å². The smallest absolute Gasteiger partial charge is 0.264 e. The normalized spacial score (nSPS) is 25.3. The number of hydrogen-bond donors (Lipinski definition) is 2. The van der Waals surface area contributed by atoms with Gasteiger partial charge >= 0.3 is 0 Å². The Morgan fingerprint density at radius 1 is 1.14 bits per heavy atom. The van der Waals surface area contributed by atoms with E-state index in [-0.39, 0.29) is 24.3 Å². The van der Waals surface area contributed by atoms with Gasteiger partial charge < -0.3 is 15.3 Å². The minimum absolute atomic E-state index is 0.0126. The Morgan fingerprint density at radius 2 is 2.00 bits per heavy atom. The Bertz CT molecular complexity index is 1060. The molecule has 2 aliphatic heterocycles. The number of nitrogens with zero attached hydrogens (tertiary/aromatic N) is 4. The Morgan fingerprint density at radius 3 is 2.76 bits per heavy atom. The summed E-state index contributed by atoms with van der Waals surface area (Å²) in [6.07, 6.45) is 7.57. The minimum atomic E-state index is -2.64. The van der Waals surface area contributed by atoms with Gasteiger partial charge in [-0.1, -0.05) is 0 Å². The van der Waals surface area contributed by atoms with Crippen LogP contribution in [0.15, 0.2) is 43.0 Å². The summed E-state index contributed by atoms with van der Waals surface area (Å²) in [5.74, 6) is -1.90. The molecule has 2 unspecified atom stereocenters. The van der Waals surface area contributed by atoms with Crippen molar-refractivity contribution >= 4 is 16.6 Å². The van der Waals surface area contributed by atoms with Gasteiger partial charge in [-0.05, 0) is 36.4 Å². The number of aromatic nitrogens is 3. The number of rotatable bonds is 3. The summed E-state index contributed by atoms with van der Waals surface area (Å²) in [4.78, 5) is 15.0. The number of hydrogen-bond acceptors (Lipinski definition) is 6. The van der Waals surface area contributed by atoms with E-state index >= 15 is 0 Å². The predicted octanol–water partition coefficient (Wildman–Crippen LogP) is 3.36. The molecular formula is C21H21F2N5O. The molecule has 5 rings (SSSR count). The van der Waals surface area contributed by atoms with Crippen molar-refractivity contribution in [3.8, 4) is 17.0 Å². The van der Waals surface area contributed by atoms with Crippen molar-refractivity contribution in [1.29, 1.82) is 0 Å². The lowest BCUT2D eigenvalue weighted by Gasteiger charge is -2.36. The minimum Gasteiger partial charge on any atom is -0.507 e. The average molecular weight is 397 g/mol. The summed E-state index contributed by atoms with van der Waals surface area (Å²) in [7, 11) is 1.87. The van der Waals surface area contributed by atoms with Crippen molar-refractivity contribution in [3.63, 3.8) is 0 Å². The Hall–Kier alpha value is -2.87. The molecule has 0 amide bonds. The van der Waals surface area contributed by atoms with Crippen molar-refractivity contribution in [1.82, 2.24) is 20.3 Å². The average Bonchev–Trinajstić information content (AvgIpc) is 2.93. The maximum atomic E-state index is 14.0. The standard InChI is InChI=1S/C21H21F2N5O/c1-28(15-6-14-8-21(22,23)19(7-15)27-14)20-11-25-17(10-26-20)16-4-12-2-3-24-9-13(12)5-18(16)29/h2-5,9-11,14-15,19,27,29H,6-8H2,1H3/t14?,15-,19?/m1/s1. The highest BCUT2D eigenvalue weighted by atomic mass is 19.3. The topological polar surface area (TPSA) is 74.2 Å². The van der Waals surface area contributed by atoms with Crippen LogP contribution in [0.3, 0.4) is 0 Å². The molecule has 3 aromatic rings. The summed E-state index contributed by atoms with van der Waals surface area (Å²) in [6, 6.07) is 4.44. The molecular weight excluding hydrogens is 376 g/mol. The zero-order chi connectivity index (χ0) is 20.2. The third kappa shape index (κ3) is 3.17. The molecule has 2 aromatic heterocycles. The molecule has 2 fully saturated rings. The summed E-state index contributed by atoms with van der Waals surface area (Å²) in [5, 5.41) is 15.2. The van der Waals surface area contributed by atoms with Crippen LogP contribution in [-0.4, -0.2) is 51.2 Å². The fourth-order valence-electron chi connectivity index (χ4n) is 4.50. The molecule has 2 saturated heterocycles. The number of anilines is 1. The van der Waals surface area contributed by atoms with Gasteiger partial charge in [-0.15, -0.1) is 0 Å². The summed E-state index contributed by atoms with van der Waals surface area (Å²) in [6.45, 7) is 0. The number of alkyl halides is 2. The first-order valence-electron chi connectivity index (χ1n) is 9.66. The second-order valence-corrected chi connectivity index (χ2v) is 7.97. The number of piperidine rings is 1. The van der Waals surface area contributed by atoms with Crippen LogP contribution >= 0.6 is 0 Å². The predicted molar refractivity (Wildman–Crippen MR) is 106 cm³/mol. The Balaban J connectivity index is 1.39. The van der Waals surface area contributed by atoms with Gasteiger partial charge in [0, 0.05) is 48.9 Å².